The van der Waals surface area contributed by atoms with Crippen LogP contribution in [0.1, 0.15) is 32.3 Å². The van der Waals surface area contributed by atoms with Gasteiger partial charge in [-0.2, -0.15) is 0 Å². The fourth-order valence-corrected chi connectivity index (χ4v) is 2.27. The highest BCUT2D eigenvalue weighted by Crippen LogP contribution is 2.12. The molecule has 5 heteroatoms. The molecule has 1 unspecified atom stereocenters. The Morgan fingerprint density at radius 3 is 2.86 bits per heavy atom. The summed E-state index contributed by atoms with van der Waals surface area (Å²) in [5.74, 6) is -0.0164. The molecule has 2 rings (SSSR count). The molecule has 0 bridgehead atoms. The summed E-state index contributed by atoms with van der Waals surface area (Å²) in [5.41, 5.74) is 1.74. The molecule has 1 aromatic rings. The van der Waals surface area contributed by atoms with Crippen LogP contribution in [-0.4, -0.2) is 24.4 Å². The van der Waals surface area contributed by atoms with Crippen LogP contribution < -0.4 is 16.0 Å². The number of rotatable bonds is 5. The number of benzene rings is 1. The first-order valence-corrected chi connectivity index (χ1v) is 7.47. The van der Waals surface area contributed by atoms with Crippen LogP contribution >= 0.6 is 0 Å². The smallest absolute Gasteiger partial charge is 0.237 e. The summed E-state index contributed by atoms with van der Waals surface area (Å²) in [4.78, 5) is 23.6. The fourth-order valence-electron chi connectivity index (χ4n) is 2.27. The van der Waals surface area contributed by atoms with Crippen molar-refractivity contribution in [2.45, 2.75) is 39.3 Å². The van der Waals surface area contributed by atoms with E-state index < -0.39 is 0 Å². The third kappa shape index (κ3) is 4.56. The quantitative estimate of drug-likeness (QED) is 0.772. The molecule has 1 saturated heterocycles. The van der Waals surface area contributed by atoms with Gasteiger partial charge in [0, 0.05) is 18.2 Å². The minimum Gasteiger partial charge on any atom is -0.351 e. The molecule has 21 heavy (non-hydrogen) atoms. The minimum atomic E-state index is -0.0613. The van der Waals surface area contributed by atoms with Gasteiger partial charge in [-0.3, -0.25) is 9.59 Å². The number of hydrogen-bond acceptors (Lipinski definition) is 3. The van der Waals surface area contributed by atoms with Crippen molar-refractivity contribution in [3.05, 3.63) is 29.8 Å². The number of nitrogens with one attached hydrogen (secondary N) is 3. The van der Waals surface area contributed by atoms with Crippen LogP contribution in [0.15, 0.2) is 24.3 Å². The SMILES string of the molecule is CC(C)C(=O)Nc1cccc(CNC(=O)C2CCCN2)c1. The first-order chi connectivity index (χ1) is 10.1. The van der Waals surface area contributed by atoms with Crippen LogP contribution in [-0.2, 0) is 16.1 Å². The second-order valence-electron chi connectivity index (χ2n) is 5.71. The Morgan fingerprint density at radius 1 is 1.38 bits per heavy atom. The zero-order valence-corrected chi connectivity index (χ0v) is 12.6. The minimum absolute atomic E-state index is 0.00802. The van der Waals surface area contributed by atoms with E-state index in [1.165, 1.54) is 0 Å². The van der Waals surface area contributed by atoms with Gasteiger partial charge in [0.25, 0.3) is 0 Å². The van der Waals surface area contributed by atoms with Gasteiger partial charge in [-0.05, 0) is 37.1 Å². The predicted octanol–water partition coefficient (Wildman–Crippen LogP) is 1.65. The van der Waals surface area contributed by atoms with E-state index in [0.717, 1.165) is 30.6 Å². The van der Waals surface area contributed by atoms with Gasteiger partial charge in [0.15, 0.2) is 0 Å². The third-order valence-electron chi connectivity index (χ3n) is 3.56. The van der Waals surface area contributed by atoms with Crippen molar-refractivity contribution in [3.8, 4) is 0 Å². The molecule has 0 aliphatic carbocycles. The summed E-state index contributed by atoms with van der Waals surface area (Å²) in [7, 11) is 0. The molecule has 1 aromatic carbocycles. The van der Waals surface area contributed by atoms with Gasteiger partial charge in [-0.1, -0.05) is 26.0 Å². The highest BCUT2D eigenvalue weighted by atomic mass is 16.2. The molecule has 0 saturated carbocycles. The molecule has 114 valence electrons. The average molecular weight is 289 g/mol. The molecule has 1 aliphatic heterocycles. The van der Waals surface area contributed by atoms with Gasteiger partial charge in [0.2, 0.25) is 11.8 Å². The summed E-state index contributed by atoms with van der Waals surface area (Å²) in [6, 6.07) is 7.50. The van der Waals surface area contributed by atoms with Gasteiger partial charge in [0.05, 0.1) is 6.04 Å². The van der Waals surface area contributed by atoms with Crippen LogP contribution in [0.2, 0.25) is 0 Å². The Morgan fingerprint density at radius 2 is 2.19 bits per heavy atom. The molecule has 1 aliphatic rings. The molecule has 1 atom stereocenters. The summed E-state index contributed by atoms with van der Waals surface area (Å²) >= 11 is 0. The lowest BCUT2D eigenvalue weighted by Gasteiger charge is -2.12. The van der Waals surface area contributed by atoms with Crippen molar-refractivity contribution in [2.24, 2.45) is 5.92 Å². The van der Waals surface area contributed by atoms with Crippen LogP contribution in [0.3, 0.4) is 0 Å². The molecule has 0 radical (unpaired) electrons. The van der Waals surface area contributed by atoms with E-state index in [2.05, 4.69) is 16.0 Å². The highest BCUT2D eigenvalue weighted by molar-refractivity contribution is 5.92. The number of amides is 2. The van der Waals surface area contributed by atoms with Gasteiger partial charge in [-0.15, -0.1) is 0 Å². The molecule has 0 spiro atoms. The summed E-state index contributed by atoms with van der Waals surface area (Å²) in [6.45, 7) is 5.10. The van der Waals surface area contributed by atoms with Crippen LogP contribution in [0.5, 0.6) is 0 Å². The maximum Gasteiger partial charge on any atom is 0.237 e. The first kappa shape index (κ1) is 15.5. The lowest BCUT2D eigenvalue weighted by molar-refractivity contribution is -0.123. The molecule has 0 aromatic heterocycles. The second kappa shape index (κ2) is 7.22. The largest absolute Gasteiger partial charge is 0.351 e. The van der Waals surface area contributed by atoms with E-state index >= 15 is 0 Å². The van der Waals surface area contributed by atoms with Gasteiger partial charge >= 0.3 is 0 Å². The lowest BCUT2D eigenvalue weighted by Crippen LogP contribution is -2.40. The normalized spacial score (nSPS) is 17.8. The van der Waals surface area contributed by atoms with Crippen molar-refractivity contribution in [3.63, 3.8) is 0 Å². The Hall–Kier alpha value is -1.88. The number of anilines is 1. The molecule has 1 heterocycles. The van der Waals surface area contributed by atoms with E-state index in [4.69, 9.17) is 0 Å². The standard InChI is InChI=1S/C16H23N3O2/c1-11(2)15(20)19-13-6-3-5-12(9-13)10-18-16(21)14-7-4-8-17-14/h3,5-6,9,11,14,17H,4,7-8,10H2,1-2H3,(H,18,21)(H,19,20). The Bertz CT molecular complexity index is 508. The van der Waals surface area contributed by atoms with E-state index in [-0.39, 0.29) is 23.8 Å². The lowest BCUT2D eigenvalue weighted by atomic mass is 10.1. The van der Waals surface area contributed by atoms with Crippen molar-refractivity contribution < 1.29 is 9.59 Å². The van der Waals surface area contributed by atoms with Crippen molar-refractivity contribution >= 4 is 17.5 Å². The average Bonchev–Trinajstić information content (AvgIpc) is 2.99. The molecule has 1 fully saturated rings. The maximum atomic E-state index is 11.9. The highest BCUT2D eigenvalue weighted by Gasteiger charge is 2.21. The van der Waals surface area contributed by atoms with E-state index in [0.29, 0.717) is 6.54 Å². The molecule has 5 nitrogen and oxygen atoms in total. The van der Waals surface area contributed by atoms with Gasteiger partial charge in [0.1, 0.15) is 0 Å². The van der Waals surface area contributed by atoms with Gasteiger partial charge < -0.3 is 16.0 Å². The van der Waals surface area contributed by atoms with Crippen LogP contribution in [0, 0.1) is 5.92 Å². The molecule has 3 N–H and O–H groups in total. The van der Waals surface area contributed by atoms with Crippen LogP contribution in [0.4, 0.5) is 5.69 Å². The summed E-state index contributed by atoms with van der Waals surface area (Å²) in [6.07, 6.45) is 1.95. The zero-order chi connectivity index (χ0) is 15.2. The zero-order valence-electron chi connectivity index (χ0n) is 12.6. The van der Waals surface area contributed by atoms with E-state index in [1.54, 1.807) is 0 Å². The Kier molecular flexibility index (Phi) is 5.33. The monoisotopic (exact) mass is 289 g/mol. The predicted molar refractivity (Wildman–Crippen MR) is 82.8 cm³/mol. The number of carbonyl (C=O) groups excluding carboxylic acids is 2. The third-order valence-corrected chi connectivity index (χ3v) is 3.56. The Balaban J connectivity index is 1.88. The summed E-state index contributed by atoms with van der Waals surface area (Å²) in [5, 5.41) is 8.96. The van der Waals surface area contributed by atoms with Crippen molar-refractivity contribution in [1.82, 2.24) is 10.6 Å². The first-order valence-electron chi connectivity index (χ1n) is 7.47. The molecular weight excluding hydrogens is 266 g/mol. The fraction of sp³-hybridized carbons (Fsp3) is 0.500. The topological polar surface area (TPSA) is 70.2 Å². The number of hydrogen-bond donors (Lipinski definition) is 3. The van der Waals surface area contributed by atoms with Crippen LogP contribution in [0.25, 0.3) is 0 Å². The van der Waals surface area contributed by atoms with E-state index in [9.17, 15) is 9.59 Å². The Labute approximate surface area is 125 Å². The second-order valence-corrected chi connectivity index (χ2v) is 5.71. The van der Waals surface area contributed by atoms with Gasteiger partial charge in [-0.25, -0.2) is 0 Å². The van der Waals surface area contributed by atoms with Crippen molar-refractivity contribution in [1.29, 1.82) is 0 Å². The summed E-state index contributed by atoms with van der Waals surface area (Å²) < 4.78 is 0. The van der Waals surface area contributed by atoms with E-state index in [1.807, 2.05) is 38.1 Å². The van der Waals surface area contributed by atoms with Crippen molar-refractivity contribution in [2.75, 3.05) is 11.9 Å². The molecule has 2 amide bonds. The number of carbonyl (C=O) groups is 2. The molecular formula is C16H23N3O2. The maximum absolute atomic E-state index is 11.9.